The van der Waals surface area contributed by atoms with Crippen molar-refractivity contribution in [3.63, 3.8) is 0 Å². The van der Waals surface area contributed by atoms with Crippen molar-refractivity contribution in [2.24, 2.45) is 0 Å². The monoisotopic (exact) mass is 379 g/mol. The summed E-state index contributed by atoms with van der Waals surface area (Å²) < 4.78 is 0. The summed E-state index contributed by atoms with van der Waals surface area (Å²) in [5.74, 6) is -0.386. The van der Waals surface area contributed by atoms with E-state index < -0.39 is 0 Å². The van der Waals surface area contributed by atoms with Crippen LogP contribution in [0, 0.1) is 0 Å². The standard InChI is InChI=1S/C18H19Cl2N3O2/c1-2-6-21-18(25)12-4-3-5-15(7-12)22-11-17(24)23-16-9-13(19)8-14(20)10-16/h3-5,7-10,22H,2,6,11H2,1H3,(H,21,25)(H,23,24). The van der Waals surface area contributed by atoms with Gasteiger partial charge in [0.2, 0.25) is 5.91 Å². The zero-order valence-corrected chi connectivity index (χ0v) is 15.2. The van der Waals surface area contributed by atoms with Gasteiger partial charge in [0.05, 0.1) is 6.54 Å². The Morgan fingerprint density at radius 1 is 1.00 bits per heavy atom. The minimum Gasteiger partial charge on any atom is -0.376 e. The van der Waals surface area contributed by atoms with Crippen LogP contribution in [-0.2, 0) is 4.79 Å². The van der Waals surface area contributed by atoms with Crippen LogP contribution >= 0.6 is 23.2 Å². The van der Waals surface area contributed by atoms with Crippen LogP contribution in [0.2, 0.25) is 10.0 Å². The summed E-state index contributed by atoms with van der Waals surface area (Å²) in [4.78, 5) is 24.0. The van der Waals surface area contributed by atoms with Crippen molar-refractivity contribution in [3.05, 3.63) is 58.1 Å². The maximum absolute atomic E-state index is 12.0. The van der Waals surface area contributed by atoms with Gasteiger partial charge in [-0.25, -0.2) is 0 Å². The molecule has 0 heterocycles. The van der Waals surface area contributed by atoms with Gasteiger partial charge in [-0.1, -0.05) is 36.2 Å². The zero-order chi connectivity index (χ0) is 18.2. The van der Waals surface area contributed by atoms with E-state index in [2.05, 4.69) is 16.0 Å². The third kappa shape index (κ3) is 6.29. The zero-order valence-electron chi connectivity index (χ0n) is 13.7. The van der Waals surface area contributed by atoms with E-state index in [1.165, 1.54) is 0 Å². The Bertz CT molecular complexity index is 745. The summed E-state index contributed by atoms with van der Waals surface area (Å²) >= 11 is 11.8. The quantitative estimate of drug-likeness (QED) is 0.675. The van der Waals surface area contributed by atoms with Crippen molar-refractivity contribution >= 4 is 46.4 Å². The van der Waals surface area contributed by atoms with Gasteiger partial charge in [-0.05, 0) is 42.8 Å². The summed E-state index contributed by atoms with van der Waals surface area (Å²) in [6.45, 7) is 2.66. The number of carbonyl (C=O) groups is 2. The van der Waals surface area contributed by atoms with E-state index >= 15 is 0 Å². The number of anilines is 2. The van der Waals surface area contributed by atoms with Crippen molar-refractivity contribution in [3.8, 4) is 0 Å². The van der Waals surface area contributed by atoms with Crippen LogP contribution in [0.25, 0.3) is 0 Å². The molecule has 0 atom stereocenters. The molecule has 0 unspecified atom stereocenters. The second-order valence-electron chi connectivity index (χ2n) is 5.40. The predicted molar refractivity (Wildman–Crippen MR) is 103 cm³/mol. The summed E-state index contributed by atoms with van der Waals surface area (Å²) in [6, 6.07) is 11.8. The molecule has 0 radical (unpaired) electrons. The molecule has 0 saturated carbocycles. The number of benzene rings is 2. The molecule has 0 fully saturated rings. The minimum atomic E-state index is -0.251. The average molecular weight is 380 g/mol. The Labute approximate surface area is 156 Å². The summed E-state index contributed by atoms with van der Waals surface area (Å²) in [5, 5.41) is 9.40. The van der Waals surface area contributed by atoms with Crippen molar-refractivity contribution in [2.45, 2.75) is 13.3 Å². The summed E-state index contributed by atoms with van der Waals surface area (Å²) in [5.41, 5.74) is 1.75. The maximum atomic E-state index is 12.0. The van der Waals surface area contributed by atoms with Gasteiger partial charge in [-0.15, -0.1) is 0 Å². The molecule has 5 nitrogen and oxygen atoms in total. The Morgan fingerprint density at radius 2 is 1.72 bits per heavy atom. The molecule has 3 N–H and O–H groups in total. The first-order chi connectivity index (χ1) is 12.0. The normalized spacial score (nSPS) is 10.2. The van der Waals surface area contributed by atoms with Crippen molar-refractivity contribution in [2.75, 3.05) is 23.7 Å². The molecular formula is C18H19Cl2N3O2. The first-order valence-electron chi connectivity index (χ1n) is 7.86. The molecule has 0 bridgehead atoms. The van der Waals surface area contributed by atoms with E-state index in [0.717, 1.165) is 6.42 Å². The van der Waals surface area contributed by atoms with Gasteiger partial charge < -0.3 is 16.0 Å². The van der Waals surface area contributed by atoms with Crippen molar-refractivity contribution < 1.29 is 9.59 Å². The third-order valence-corrected chi connectivity index (χ3v) is 3.70. The molecule has 0 aliphatic rings. The van der Waals surface area contributed by atoms with Gasteiger partial charge >= 0.3 is 0 Å². The van der Waals surface area contributed by atoms with E-state index in [9.17, 15) is 9.59 Å². The van der Waals surface area contributed by atoms with Gasteiger partial charge in [-0.3, -0.25) is 9.59 Å². The van der Waals surface area contributed by atoms with Crippen LogP contribution in [0.5, 0.6) is 0 Å². The number of nitrogens with one attached hydrogen (secondary N) is 3. The van der Waals surface area contributed by atoms with Gasteiger partial charge in [0, 0.05) is 33.5 Å². The van der Waals surface area contributed by atoms with Crippen molar-refractivity contribution in [1.82, 2.24) is 5.32 Å². The molecule has 0 saturated heterocycles. The molecule has 0 spiro atoms. The average Bonchev–Trinajstić information content (AvgIpc) is 2.57. The maximum Gasteiger partial charge on any atom is 0.251 e. The Hall–Kier alpha value is -2.24. The van der Waals surface area contributed by atoms with Crippen LogP contribution in [0.3, 0.4) is 0 Å². The van der Waals surface area contributed by atoms with Crippen LogP contribution in [0.1, 0.15) is 23.7 Å². The molecule has 2 aromatic carbocycles. The van der Waals surface area contributed by atoms with Gasteiger partial charge in [0.15, 0.2) is 0 Å². The number of hydrogen-bond donors (Lipinski definition) is 3. The molecule has 7 heteroatoms. The number of rotatable bonds is 7. The summed E-state index contributed by atoms with van der Waals surface area (Å²) in [7, 11) is 0. The largest absolute Gasteiger partial charge is 0.376 e. The Morgan fingerprint density at radius 3 is 2.40 bits per heavy atom. The van der Waals surface area contributed by atoms with Crippen LogP contribution in [-0.4, -0.2) is 24.9 Å². The smallest absolute Gasteiger partial charge is 0.251 e. The molecule has 0 aromatic heterocycles. The molecule has 132 valence electrons. The Balaban J connectivity index is 1.92. The number of amides is 2. The van der Waals surface area contributed by atoms with Gasteiger partial charge in [-0.2, -0.15) is 0 Å². The molecule has 2 aromatic rings. The Kier molecular flexibility index (Phi) is 7.10. The first kappa shape index (κ1) is 19.1. The molecular weight excluding hydrogens is 361 g/mol. The van der Waals surface area contributed by atoms with Gasteiger partial charge in [0.25, 0.3) is 5.91 Å². The lowest BCUT2D eigenvalue weighted by atomic mass is 10.2. The lowest BCUT2D eigenvalue weighted by molar-refractivity contribution is -0.114. The second-order valence-corrected chi connectivity index (χ2v) is 6.27. The van der Waals surface area contributed by atoms with E-state index in [4.69, 9.17) is 23.2 Å². The van der Waals surface area contributed by atoms with E-state index in [1.807, 2.05) is 6.92 Å². The predicted octanol–water partition coefficient (Wildman–Crippen LogP) is 4.18. The third-order valence-electron chi connectivity index (χ3n) is 3.26. The highest BCUT2D eigenvalue weighted by molar-refractivity contribution is 6.35. The molecule has 0 aliphatic carbocycles. The van der Waals surface area contributed by atoms with Crippen molar-refractivity contribution in [1.29, 1.82) is 0 Å². The highest BCUT2D eigenvalue weighted by atomic mass is 35.5. The second kappa shape index (κ2) is 9.30. The highest BCUT2D eigenvalue weighted by Gasteiger charge is 2.07. The lowest BCUT2D eigenvalue weighted by Gasteiger charge is -2.10. The van der Waals surface area contributed by atoms with Crippen LogP contribution in [0.4, 0.5) is 11.4 Å². The topological polar surface area (TPSA) is 70.2 Å². The molecule has 0 aliphatic heterocycles. The number of carbonyl (C=O) groups excluding carboxylic acids is 2. The van der Waals surface area contributed by atoms with E-state index in [-0.39, 0.29) is 18.4 Å². The summed E-state index contributed by atoms with van der Waals surface area (Å²) in [6.07, 6.45) is 0.872. The molecule has 2 amide bonds. The van der Waals surface area contributed by atoms with E-state index in [0.29, 0.717) is 33.5 Å². The lowest BCUT2D eigenvalue weighted by Crippen LogP contribution is -2.24. The SMILES string of the molecule is CCCNC(=O)c1cccc(NCC(=O)Nc2cc(Cl)cc(Cl)c2)c1. The van der Waals surface area contributed by atoms with Crippen LogP contribution < -0.4 is 16.0 Å². The molecule has 25 heavy (non-hydrogen) atoms. The number of hydrogen-bond acceptors (Lipinski definition) is 3. The number of halogens is 2. The van der Waals surface area contributed by atoms with Crippen LogP contribution in [0.15, 0.2) is 42.5 Å². The minimum absolute atomic E-state index is 0.0458. The first-order valence-corrected chi connectivity index (χ1v) is 8.61. The fourth-order valence-electron chi connectivity index (χ4n) is 2.12. The highest BCUT2D eigenvalue weighted by Crippen LogP contribution is 2.22. The van der Waals surface area contributed by atoms with E-state index in [1.54, 1.807) is 42.5 Å². The fraction of sp³-hybridized carbons (Fsp3) is 0.222. The molecule has 2 rings (SSSR count). The van der Waals surface area contributed by atoms with Gasteiger partial charge in [0.1, 0.15) is 0 Å². The fourth-order valence-corrected chi connectivity index (χ4v) is 2.65.